The first-order chi connectivity index (χ1) is 14.3. The normalized spacial score (nSPS) is 12.5. The van der Waals surface area contributed by atoms with Gasteiger partial charge in [-0.25, -0.2) is 4.99 Å². The van der Waals surface area contributed by atoms with E-state index in [1.54, 1.807) is 0 Å². The van der Waals surface area contributed by atoms with E-state index in [2.05, 4.69) is 34.8 Å². The van der Waals surface area contributed by atoms with Gasteiger partial charge in [0.2, 0.25) is 0 Å². The van der Waals surface area contributed by atoms with Gasteiger partial charge in [0, 0.05) is 38.3 Å². The van der Waals surface area contributed by atoms with Crippen LogP contribution in [0.5, 0.6) is 0 Å². The average molecular weight is 548 g/mol. The van der Waals surface area contributed by atoms with Crippen LogP contribution < -0.4 is 16.0 Å². The van der Waals surface area contributed by atoms with Gasteiger partial charge in [0.15, 0.2) is 5.96 Å². The Hall–Kier alpha value is -1.39. The second-order valence-corrected chi connectivity index (χ2v) is 8.34. The van der Waals surface area contributed by atoms with E-state index in [9.17, 15) is 9.90 Å². The van der Waals surface area contributed by atoms with Crippen molar-refractivity contribution in [3.8, 4) is 0 Å². The molecule has 0 radical (unpaired) electrons. The molecule has 0 heterocycles. The van der Waals surface area contributed by atoms with Crippen LogP contribution in [-0.4, -0.2) is 68.8 Å². The first-order valence-electron chi connectivity index (χ1n) is 11.0. The number of nitrogens with zero attached hydrogens (tertiary/aromatic N) is 2. The predicted molar refractivity (Wildman–Crippen MR) is 140 cm³/mol. The van der Waals surface area contributed by atoms with E-state index in [0.29, 0.717) is 30.5 Å². The van der Waals surface area contributed by atoms with Crippen molar-refractivity contribution in [2.75, 3.05) is 46.9 Å². The number of benzene rings is 1. The molecule has 1 atom stereocenters. The van der Waals surface area contributed by atoms with Crippen molar-refractivity contribution in [2.24, 2.45) is 16.8 Å². The van der Waals surface area contributed by atoms with Crippen molar-refractivity contribution in [1.82, 2.24) is 20.9 Å². The van der Waals surface area contributed by atoms with Crippen LogP contribution in [-0.2, 0) is 6.54 Å². The number of aliphatic imine (C=N–C) groups is 1. The smallest absolute Gasteiger partial charge is 0.251 e. The maximum atomic E-state index is 12.3. The van der Waals surface area contributed by atoms with Gasteiger partial charge in [-0.3, -0.25) is 4.79 Å². The topological polar surface area (TPSA) is 89.0 Å². The van der Waals surface area contributed by atoms with Gasteiger partial charge in [0.25, 0.3) is 5.91 Å². The van der Waals surface area contributed by atoms with E-state index < -0.39 is 0 Å². The summed E-state index contributed by atoms with van der Waals surface area (Å²) >= 11 is 0. The lowest BCUT2D eigenvalue weighted by Gasteiger charge is -2.20. The summed E-state index contributed by atoms with van der Waals surface area (Å²) < 4.78 is 0. The van der Waals surface area contributed by atoms with Crippen molar-refractivity contribution < 1.29 is 9.90 Å². The summed E-state index contributed by atoms with van der Waals surface area (Å²) in [6, 6.07) is 7.60. The quantitative estimate of drug-likeness (QED) is 0.173. The molecule has 0 fully saturated rings. The van der Waals surface area contributed by atoms with Crippen molar-refractivity contribution >= 4 is 35.8 Å². The number of carbonyl (C=O) groups excluding carboxylic acids is 1. The Labute approximate surface area is 205 Å². The van der Waals surface area contributed by atoms with Crippen LogP contribution in [0, 0.1) is 11.8 Å². The van der Waals surface area contributed by atoms with Gasteiger partial charge in [-0.1, -0.05) is 26.0 Å². The Morgan fingerprint density at radius 1 is 1.19 bits per heavy atom. The summed E-state index contributed by atoms with van der Waals surface area (Å²) in [6.07, 6.45) is 1.85. The van der Waals surface area contributed by atoms with Gasteiger partial charge >= 0.3 is 0 Å². The van der Waals surface area contributed by atoms with Gasteiger partial charge in [0.1, 0.15) is 0 Å². The lowest BCUT2D eigenvalue weighted by atomic mass is 9.94. The number of aliphatic hydroxyl groups excluding tert-OH is 1. The summed E-state index contributed by atoms with van der Waals surface area (Å²) in [5, 5.41) is 18.9. The third-order valence-corrected chi connectivity index (χ3v) is 4.70. The predicted octanol–water partition coefficient (Wildman–Crippen LogP) is 2.70. The van der Waals surface area contributed by atoms with Crippen LogP contribution in [0.2, 0.25) is 0 Å². The van der Waals surface area contributed by atoms with E-state index in [4.69, 9.17) is 0 Å². The molecule has 1 rings (SSSR count). The number of amides is 1. The van der Waals surface area contributed by atoms with Gasteiger partial charge in [0.05, 0.1) is 6.54 Å². The molecule has 0 aliphatic carbocycles. The van der Waals surface area contributed by atoms with Crippen LogP contribution >= 0.6 is 24.0 Å². The molecule has 31 heavy (non-hydrogen) atoms. The van der Waals surface area contributed by atoms with Gasteiger partial charge in [-0.2, -0.15) is 0 Å². The SMILES string of the molecule is CCNC(=NCc1cccc(C(=O)NCCN(C)C)c1)NCC(CCO)CC(C)C.I. The van der Waals surface area contributed by atoms with Gasteiger partial charge in [-0.15, -0.1) is 24.0 Å². The number of nitrogens with one attached hydrogen (secondary N) is 3. The lowest BCUT2D eigenvalue weighted by Crippen LogP contribution is -2.40. The molecule has 0 aliphatic rings. The molecule has 1 aromatic rings. The Bertz CT molecular complexity index is 653. The number of likely N-dealkylation sites (N-methyl/N-ethyl adjacent to an activating group) is 1. The molecular weight excluding hydrogens is 505 g/mol. The second kappa shape index (κ2) is 17.2. The highest BCUT2D eigenvalue weighted by molar-refractivity contribution is 14.0. The first-order valence-corrected chi connectivity index (χ1v) is 11.0. The molecule has 0 saturated carbocycles. The molecule has 7 nitrogen and oxygen atoms in total. The molecule has 0 saturated heterocycles. The molecule has 0 spiro atoms. The Kier molecular flexibility index (Phi) is 16.4. The monoisotopic (exact) mass is 547 g/mol. The molecule has 1 aromatic carbocycles. The molecule has 1 unspecified atom stereocenters. The van der Waals surface area contributed by atoms with Crippen molar-refractivity contribution in [3.05, 3.63) is 35.4 Å². The summed E-state index contributed by atoms with van der Waals surface area (Å²) in [7, 11) is 3.96. The number of rotatable bonds is 13. The highest BCUT2D eigenvalue weighted by Gasteiger charge is 2.11. The second-order valence-electron chi connectivity index (χ2n) is 8.34. The zero-order chi connectivity index (χ0) is 22.4. The maximum Gasteiger partial charge on any atom is 0.251 e. The van der Waals surface area contributed by atoms with E-state index in [0.717, 1.165) is 44.0 Å². The van der Waals surface area contributed by atoms with Gasteiger partial charge < -0.3 is 26.0 Å². The third-order valence-electron chi connectivity index (χ3n) is 4.70. The van der Waals surface area contributed by atoms with E-state index in [1.165, 1.54) is 0 Å². The molecule has 178 valence electrons. The molecule has 1 amide bonds. The van der Waals surface area contributed by atoms with Crippen LogP contribution in [0.4, 0.5) is 0 Å². The summed E-state index contributed by atoms with van der Waals surface area (Å²) in [5.41, 5.74) is 1.64. The van der Waals surface area contributed by atoms with Crippen LogP contribution in [0.3, 0.4) is 0 Å². The Morgan fingerprint density at radius 2 is 1.94 bits per heavy atom. The zero-order valence-corrected chi connectivity index (χ0v) is 22.1. The maximum absolute atomic E-state index is 12.3. The number of guanidine groups is 1. The lowest BCUT2D eigenvalue weighted by molar-refractivity contribution is 0.0951. The highest BCUT2D eigenvalue weighted by atomic mass is 127. The summed E-state index contributed by atoms with van der Waals surface area (Å²) in [5.74, 6) is 1.70. The molecule has 0 bridgehead atoms. The third kappa shape index (κ3) is 13.6. The highest BCUT2D eigenvalue weighted by Crippen LogP contribution is 2.14. The number of aliphatic hydroxyl groups is 1. The number of hydrogen-bond donors (Lipinski definition) is 4. The molecular formula is C23H42IN5O2. The first kappa shape index (κ1) is 29.6. The fraction of sp³-hybridized carbons (Fsp3) is 0.652. The summed E-state index contributed by atoms with van der Waals surface area (Å²) in [6.45, 7) is 10.1. The van der Waals surface area contributed by atoms with E-state index >= 15 is 0 Å². The fourth-order valence-corrected chi connectivity index (χ4v) is 3.21. The van der Waals surface area contributed by atoms with E-state index in [1.807, 2.05) is 50.2 Å². The molecule has 0 aromatic heterocycles. The van der Waals surface area contributed by atoms with Crippen LogP contribution in [0.25, 0.3) is 0 Å². The molecule has 8 heteroatoms. The van der Waals surface area contributed by atoms with Crippen molar-refractivity contribution in [3.63, 3.8) is 0 Å². The number of carbonyl (C=O) groups is 1. The fourth-order valence-electron chi connectivity index (χ4n) is 3.21. The minimum atomic E-state index is -0.0618. The summed E-state index contributed by atoms with van der Waals surface area (Å²) in [4.78, 5) is 19.0. The van der Waals surface area contributed by atoms with E-state index in [-0.39, 0.29) is 36.5 Å². The standard InChI is InChI=1S/C23H41N5O2.HI/c1-6-24-23(27-17-20(10-13-29)14-18(2)3)26-16-19-8-7-9-21(15-19)22(30)25-11-12-28(4)5;/h7-9,15,18,20,29H,6,10-14,16-17H2,1-5H3,(H,25,30)(H2,24,26,27);1H. The Morgan fingerprint density at radius 3 is 2.55 bits per heavy atom. The number of halogens is 1. The van der Waals surface area contributed by atoms with Crippen molar-refractivity contribution in [2.45, 2.75) is 40.2 Å². The Balaban J connectivity index is 0.00000900. The zero-order valence-electron chi connectivity index (χ0n) is 19.8. The largest absolute Gasteiger partial charge is 0.396 e. The minimum absolute atomic E-state index is 0. The molecule has 0 aliphatic heterocycles. The van der Waals surface area contributed by atoms with Crippen molar-refractivity contribution in [1.29, 1.82) is 0 Å². The molecule has 4 N–H and O–H groups in total. The minimum Gasteiger partial charge on any atom is -0.396 e. The number of hydrogen-bond acceptors (Lipinski definition) is 4. The van der Waals surface area contributed by atoms with Crippen LogP contribution in [0.15, 0.2) is 29.3 Å². The van der Waals surface area contributed by atoms with Crippen LogP contribution in [0.1, 0.15) is 49.5 Å². The average Bonchev–Trinajstić information content (AvgIpc) is 2.69. The van der Waals surface area contributed by atoms with Gasteiger partial charge in [-0.05, 0) is 63.4 Å².